The van der Waals surface area contributed by atoms with Gasteiger partial charge in [0.05, 0.1) is 11.9 Å². The first-order valence-electron chi connectivity index (χ1n) is 9.57. The average Bonchev–Trinajstić information content (AvgIpc) is 3.21. The fourth-order valence-electron chi connectivity index (χ4n) is 3.54. The molecule has 0 saturated heterocycles. The van der Waals surface area contributed by atoms with Gasteiger partial charge in [-0.3, -0.25) is 14.2 Å². The van der Waals surface area contributed by atoms with E-state index in [9.17, 15) is 9.59 Å². The first-order valence-corrected chi connectivity index (χ1v) is 9.95. The van der Waals surface area contributed by atoms with E-state index in [1.807, 2.05) is 48.5 Å². The molecule has 0 bridgehead atoms. The lowest BCUT2D eigenvalue weighted by atomic mass is 10.1. The van der Waals surface area contributed by atoms with E-state index in [1.165, 1.54) is 17.1 Å². The third-order valence-electron chi connectivity index (χ3n) is 4.98. The summed E-state index contributed by atoms with van der Waals surface area (Å²) in [6.07, 6.45) is 2.81. The number of amides is 1. The fraction of sp³-hybridized carbons (Fsp3) is 0.0435. The van der Waals surface area contributed by atoms with Gasteiger partial charge in [-0.05, 0) is 29.7 Å². The molecular formula is C23H16ClN5O2. The van der Waals surface area contributed by atoms with Crippen LogP contribution in [0.2, 0.25) is 5.02 Å². The summed E-state index contributed by atoms with van der Waals surface area (Å²) in [4.78, 5) is 29.9. The summed E-state index contributed by atoms with van der Waals surface area (Å²) >= 11 is 6.06. The van der Waals surface area contributed by atoms with Crippen molar-refractivity contribution < 1.29 is 4.79 Å². The van der Waals surface area contributed by atoms with E-state index in [2.05, 4.69) is 15.4 Å². The van der Waals surface area contributed by atoms with Gasteiger partial charge in [-0.1, -0.05) is 54.1 Å². The highest BCUT2D eigenvalue weighted by Gasteiger charge is 2.14. The van der Waals surface area contributed by atoms with Crippen molar-refractivity contribution in [2.24, 2.45) is 0 Å². The smallest absolute Gasteiger partial charge is 0.264 e. The lowest BCUT2D eigenvalue weighted by Gasteiger charge is -2.10. The number of hydrogen-bond donors (Lipinski definition) is 1. The molecule has 31 heavy (non-hydrogen) atoms. The maximum absolute atomic E-state index is 12.9. The minimum Gasteiger partial charge on any atom is -0.324 e. The normalized spacial score (nSPS) is 11.1. The Hall–Kier alpha value is -3.97. The lowest BCUT2D eigenvalue weighted by Crippen LogP contribution is -2.27. The zero-order chi connectivity index (χ0) is 21.4. The van der Waals surface area contributed by atoms with Gasteiger partial charge in [-0.25, -0.2) is 9.67 Å². The molecule has 2 aromatic heterocycles. The maximum Gasteiger partial charge on any atom is 0.264 e. The number of fused-ring (bicyclic) bond motifs is 2. The van der Waals surface area contributed by atoms with Crippen LogP contribution in [0.4, 0.5) is 5.69 Å². The molecule has 0 radical (unpaired) electrons. The van der Waals surface area contributed by atoms with Crippen LogP contribution in [-0.2, 0) is 11.3 Å². The van der Waals surface area contributed by atoms with Gasteiger partial charge in [0.25, 0.3) is 5.56 Å². The van der Waals surface area contributed by atoms with Gasteiger partial charge in [0.15, 0.2) is 5.65 Å². The average molecular weight is 430 g/mol. The Kier molecular flexibility index (Phi) is 4.72. The van der Waals surface area contributed by atoms with Crippen LogP contribution in [0.5, 0.6) is 0 Å². The van der Waals surface area contributed by atoms with Crippen LogP contribution in [0.25, 0.3) is 27.5 Å². The highest BCUT2D eigenvalue weighted by molar-refractivity contribution is 6.30. The Morgan fingerprint density at radius 2 is 1.81 bits per heavy atom. The Labute approximate surface area is 181 Å². The van der Waals surface area contributed by atoms with Crippen molar-refractivity contribution in [1.82, 2.24) is 19.3 Å². The quantitative estimate of drug-likeness (QED) is 0.467. The third kappa shape index (κ3) is 3.55. The van der Waals surface area contributed by atoms with Crippen molar-refractivity contribution in [3.05, 3.63) is 94.6 Å². The van der Waals surface area contributed by atoms with E-state index in [-0.39, 0.29) is 18.0 Å². The lowest BCUT2D eigenvalue weighted by molar-refractivity contribution is -0.116. The number of anilines is 1. The first kappa shape index (κ1) is 19.0. The third-order valence-corrected chi connectivity index (χ3v) is 5.22. The van der Waals surface area contributed by atoms with Crippen molar-refractivity contribution in [3.63, 3.8) is 0 Å². The largest absolute Gasteiger partial charge is 0.324 e. The van der Waals surface area contributed by atoms with E-state index >= 15 is 0 Å². The number of halogens is 1. The monoisotopic (exact) mass is 429 g/mol. The minimum absolute atomic E-state index is 0.159. The van der Waals surface area contributed by atoms with Crippen LogP contribution in [0.3, 0.4) is 0 Å². The fourth-order valence-corrected chi connectivity index (χ4v) is 3.72. The van der Waals surface area contributed by atoms with Gasteiger partial charge in [0.2, 0.25) is 5.91 Å². The molecule has 1 N–H and O–H groups in total. The number of nitrogens with one attached hydrogen (secondary N) is 1. The topological polar surface area (TPSA) is 81.8 Å². The van der Waals surface area contributed by atoms with Crippen molar-refractivity contribution >= 4 is 45.0 Å². The highest BCUT2D eigenvalue weighted by atomic mass is 35.5. The second kappa shape index (κ2) is 7.70. The van der Waals surface area contributed by atoms with Crippen molar-refractivity contribution in [1.29, 1.82) is 0 Å². The van der Waals surface area contributed by atoms with Crippen LogP contribution in [0.1, 0.15) is 0 Å². The van der Waals surface area contributed by atoms with Crippen LogP contribution >= 0.6 is 11.6 Å². The molecule has 0 saturated carbocycles. The van der Waals surface area contributed by atoms with Gasteiger partial charge in [-0.2, -0.15) is 5.10 Å². The number of aromatic nitrogens is 4. The summed E-state index contributed by atoms with van der Waals surface area (Å²) in [5.41, 5.74) is 1.45. The number of carbonyl (C=O) groups is 1. The van der Waals surface area contributed by atoms with Crippen LogP contribution in [0, 0.1) is 0 Å². The Morgan fingerprint density at radius 1 is 1.00 bits per heavy atom. The standard InChI is InChI=1S/C23H16ClN5O2/c24-16-7-4-8-17(11-16)29-22-19(12-26-29)23(31)28(14-25-22)13-21(30)27-20-10-3-6-15-5-1-2-9-18(15)20/h1-12,14H,13H2,(H,27,30). The summed E-state index contributed by atoms with van der Waals surface area (Å²) < 4.78 is 2.82. The molecule has 3 aromatic carbocycles. The van der Waals surface area contributed by atoms with E-state index in [4.69, 9.17) is 11.6 Å². The molecule has 0 aliphatic heterocycles. The van der Waals surface area contributed by atoms with Crippen molar-refractivity contribution in [2.75, 3.05) is 5.32 Å². The second-order valence-electron chi connectivity index (χ2n) is 7.03. The summed E-state index contributed by atoms with van der Waals surface area (Å²) in [5, 5.41) is 9.99. The van der Waals surface area contributed by atoms with Gasteiger partial charge in [-0.15, -0.1) is 0 Å². The van der Waals surface area contributed by atoms with E-state index in [0.717, 1.165) is 10.8 Å². The Bertz CT molecular complexity index is 1500. The number of carbonyl (C=O) groups excluding carboxylic acids is 1. The van der Waals surface area contributed by atoms with Gasteiger partial charge in [0.1, 0.15) is 18.3 Å². The van der Waals surface area contributed by atoms with Crippen LogP contribution in [-0.4, -0.2) is 25.2 Å². The molecule has 2 heterocycles. The molecular weight excluding hydrogens is 414 g/mol. The maximum atomic E-state index is 12.9. The van der Waals surface area contributed by atoms with E-state index in [0.29, 0.717) is 27.4 Å². The van der Waals surface area contributed by atoms with Gasteiger partial charge < -0.3 is 5.32 Å². The molecule has 0 aliphatic carbocycles. The molecule has 0 aliphatic rings. The summed E-state index contributed by atoms with van der Waals surface area (Å²) in [6.45, 7) is -0.159. The first-order chi connectivity index (χ1) is 15.1. The van der Waals surface area contributed by atoms with Gasteiger partial charge >= 0.3 is 0 Å². The summed E-state index contributed by atoms with van der Waals surface area (Å²) in [6, 6.07) is 20.6. The Balaban J connectivity index is 1.44. The molecule has 8 heteroatoms. The number of rotatable bonds is 4. The molecule has 1 amide bonds. The van der Waals surface area contributed by atoms with E-state index in [1.54, 1.807) is 22.9 Å². The molecule has 0 spiro atoms. The predicted molar refractivity (Wildman–Crippen MR) is 121 cm³/mol. The highest BCUT2D eigenvalue weighted by Crippen LogP contribution is 2.23. The van der Waals surface area contributed by atoms with Crippen molar-refractivity contribution in [2.45, 2.75) is 6.54 Å². The summed E-state index contributed by atoms with van der Waals surface area (Å²) in [5.74, 6) is -0.318. The predicted octanol–water partition coefficient (Wildman–Crippen LogP) is 4.03. The molecule has 0 unspecified atom stereocenters. The zero-order valence-corrected chi connectivity index (χ0v) is 17.0. The molecule has 5 rings (SSSR count). The minimum atomic E-state index is -0.341. The van der Waals surface area contributed by atoms with E-state index < -0.39 is 0 Å². The second-order valence-corrected chi connectivity index (χ2v) is 7.46. The van der Waals surface area contributed by atoms with Crippen LogP contribution < -0.4 is 10.9 Å². The molecule has 5 aromatic rings. The SMILES string of the molecule is O=C(Cn1cnc2c(cnn2-c2cccc(Cl)c2)c1=O)Nc1cccc2ccccc12. The molecule has 7 nitrogen and oxygen atoms in total. The summed E-state index contributed by atoms with van der Waals surface area (Å²) in [7, 11) is 0. The number of hydrogen-bond acceptors (Lipinski definition) is 4. The number of benzene rings is 3. The van der Waals surface area contributed by atoms with Crippen LogP contribution in [0.15, 0.2) is 84.0 Å². The molecule has 152 valence electrons. The number of nitrogens with zero attached hydrogens (tertiary/aromatic N) is 4. The zero-order valence-electron chi connectivity index (χ0n) is 16.2. The molecule has 0 fully saturated rings. The Morgan fingerprint density at radius 3 is 2.68 bits per heavy atom. The van der Waals surface area contributed by atoms with Gasteiger partial charge in [0, 0.05) is 16.1 Å². The molecule has 0 atom stereocenters. The van der Waals surface area contributed by atoms with Crippen molar-refractivity contribution in [3.8, 4) is 5.69 Å².